The van der Waals surface area contributed by atoms with Gasteiger partial charge in [-0.2, -0.15) is 0 Å². The van der Waals surface area contributed by atoms with Gasteiger partial charge in [0.25, 0.3) is 0 Å². The Morgan fingerprint density at radius 1 is 1.11 bits per heavy atom. The Kier molecular flexibility index (Phi) is 4.28. The highest BCUT2D eigenvalue weighted by atomic mass is 16.1. The minimum Gasteiger partial charge on any atom is -0.374 e. The molecule has 0 spiro atoms. The molecule has 2 nitrogen and oxygen atoms in total. The zero-order valence-electron chi connectivity index (χ0n) is 12.6. The largest absolute Gasteiger partial charge is 0.374 e. The molecule has 0 atom stereocenters. The van der Waals surface area contributed by atoms with E-state index in [1.165, 1.54) is 22.4 Å². The Hall–Kier alpha value is -1.31. The summed E-state index contributed by atoms with van der Waals surface area (Å²) >= 11 is 0. The van der Waals surface area contributed by atoms with E-state index in [0.29, 0.717) is 11.7 Å². The second-order valence-corrected chi connectivity index (χ2v) is 6.01. The third-order valence-corrected chi connectivity index (χ3v) is 4.64. The van der Waals surface area contributed by atoms with Crippen LogP contribution in [0.4, 0.5) is 5.69 Å². The van der Waals surface area contributed by atoms with Crippen LogP contribution in [0.2, 0.25) is 0 Å². The minimum absolute atomic E-state index is 0.446. The molecule has 0 radical (unpaired) electrons. The maximum absolute atomic E-state index is 11.3. The lowest BCUT2D eigenvalue weighted by atomic mass is 9.88. The fourth-order valence-electron chi connectivity index (χ4n) is 3.02. The fraction of sp³-hybridized carbons (Fsp3) is 0.588. The highest BCUT2D eigenvalue weighted by molar-refractivity contribution is 5.79. The van der Waals surface area contributed by atoms with Crippen LogP contribution in [0.5, 0.6) is 0 Å². The van der Waals surface area contributed by atoms with Crippen molar-refractivity contribution in [3.63, 3.8) is 0 Å². The summed E-state index contributed by atoms with van der Waals surface area (Å²) < 4.78 is 0. The third-order valence-electron chi connectivity index (χ3n) is 4.64. The first-order chi connectivity index (χ1) is 8.99. The summed E-state index contributed by atoms with van der Waals surface area (Å²) in [5.74, 6) is 1.12. The summed E-state index contributed by atoms with van der Waals surface area (Å²) in [4.78, 5) is 13.7. The summed E-state index contributed by atoms with van der Waals surface area (Å²) in [6.45, 7) is 7.63. The second kappa shape index (κ2) is 5.77. The average molecular weight is 259 g/mol. The van der Waals surface area contributed by atoms with Crippen molar-refractivity contribution >= 4 is 11.5 Å². The summed E-state index contributed by atoms with van der Waals surface area (Å²) in [6.07, 6.45) is 3.69. The summed E-state index contributed by atoms with van der Waals surface area (Å²) in [6, 6.07) is 4.43. The molecule has 19 heavy (non-hydrogen) atoms. The second-order valence-electron chi connectivity index (χ2n) is 6.01. The van der Waals surface area contributed by atoms with Crippen LogP contribution in [0, 0.1) is 26.7 Å². The van der Waals surface area contributed by atoms with E-state index >= 15 is 0 Å². The molecule has 2 rings (SSSR count). The Labute approximate surface area is 116 Å². The van der Waals surface area contributed by atoms with Crippen molar-refractivity contribution in [1.29, 1.82) is 0 Å². The van der Waals surface area contributed by atoms with Crippen LogP contribution < -0.4 is 4.90 Å². The molecule has 0 unspecified atom stereocenters. The van der Waals surface area contributed by atoms with Crippen LogP contribution in [-0.2, 0) is 4.79 Å². The number of Topliss-reactive ketones (excluding diaryl/α,β-unsaturated/α-hetero) is 1. The number of anilines is 1. The van der Waals surface area contributed by atoms with E-state index in [-0.39, 0.29) is 0 Å². The van der Waals surface area contributed by atoms with Gasteiger partial charge in [-0.05, 0) is 62.3 Å². The zero-order chi connectivity index (χ0) is 14.0. The first-order valence-electron chi connectivity index (χ1n) is 7.28. The summed E-state index contributed by atoms with van der Waals surface area (Å²) in [7, 11) is 2.17. The average Bonchev–Trinajstić information content (AvgIpc) is 2.39. The van der Waals surface area contributed by atoms with Gasteiger partial charge in [0, 0.05) is 32.1 Å². The predicted octanol–water partition coefficient (Wildman–Crippen LogP) is 3.81. The van der Waals surface area contributed by atoms with Crippen LogP contribution in [0.15, 0.2) is 12.1 Å². The standard InChI is InChI=1S/C17H25NO/c1-12-5-10-17(14(3)13(12)2)18(4)11-15-6-8-16(19)9-7-15/h5,10,15H,6-9,11H2,1-4H3. The molecule has 104 valence electrons. The van der Waals surface area contributed by atoms with Gasteiger partial charge in [-0.3, -0.25) is 4.79 Å². The maximum atomic E-state index is 11.3. The minimum atomic E-state index is 0.446. The highest BCUT2D eigenvalue weighted by Gasteiger charge is 2.20. The van der Waals surface area contributed by atoms with Crippen molar-refractivity contribution < 1.29 is 4.79 Å². The molecule has 1 aliphatic rings. The number of aryl methyl sites for hydroxylation is 1. The summed E-state index contributed by atoms with van der Waals surface area (Å²) in [5, 5.41) is 0. The molecule has 0 bridgehead atoms. The molecule has 0 aromatic heterocycles. The van der Waals surface area contributed by atoms with Gasteiger partial charge in [0.05, 0.1) is 0 Å². The molecule has 0 N–H and O–H groups in total. The van der Waals surface area contributed by atoms with Crippen LogP contribution in [0.1, 0.15) is 42.4 Å². The van der Waals surface area contributed by atoms with Crippen molar-refractivity contribution in [2.24, 2.45) is 5.92 Å². The monoisotopic (exact) mass is 259 g/mol. The van der Waals surface area contributed by atoms with Gasteiger partial charge < -0.3 is 4.90 Å². The molecule has 1 aromatic rings. The first kappa shape index (κ1) is 14.1. The molecule has 0 saturated heterocycles. The van der Waals surface area contributed by atoms with E-state index in [0.717, 1.165) is 32.2 Å². The van der Waals surface area contributed by atoms with Crippen molar-refractivity contribution in [2.75, 3.05) is 18.5 Å². The molecule has 1 fully saturated rings. The molecule has 2 heteroatoms. The number of hydrogen-bond donors (Lipinski definition) is 0. The number of benzene rings is 1. The van der Waals surface area contributed by atoms with Crippen molar-refractivity contribution in [3.8, 4) is 0 Å². The Morgan fingerprint density at radius 3 is 2.37 bits per heavy atom. The SMILES string of the molecule is Cc1ccc(N(C)CC2CCC(=O)CC2)c(C)c1C. The first-order valence-corrected chi connectivity index (χ1v) is 7.28. The molecular weight excluding hydrogens is 234 g/mol. The number of hydrogen-bond acceptors (Lipinski definition) is 2. The number of ketones is 1. The van der Waals surface area contributed by atoms with E-state index in [4.69, 9.17) is 0 Å². The number of nitrogens with zero attached hydrogens (tertiary/aromatic N) is 1. The van der Waals surface area contributed by atoms with Crippen LogP contribution in [0.25, 0.3) is 0 Å². The van der Waals surface area contributed by atoms with E-state index in [9.17, 15) is 4.79 Å². The fourth-order valence-corrected chi connectivity index (χ4v) is 3.02. The lowest BCUT2D eigenvalue weighted by molar-refractivity contribution is -0.120. The van der Waals surface area contributed by atoms with Gasteiger partial charge in [0.1, 0.15) is 5.78 Å². The van der Waals surface area contributed by atoms with Gasteiger partial charge >= 0.3 is 0 Å². The molecule has 0 aliphatic heterocycles. The van der Waals surface area contributed by atoms with E-state index < -0.39 is 0 Å². The van der Waals surface area contributed by atoms with Gasteiger partial charge in [-0.25, -0.2) is 0 Å². The quantitative estimate of drug-likeness (QED) is 0.822. The van der Waals surface area contributed by atoms with E-state index in [1.807, 2.05) is 0 Å². The van der Waals surface area contributed by atoms with Crippen molar-refractivity contribution in [1.82, 2.24) is 0 Å². The zero-order valence-corrected chi connectivity index (χ0v) is 12.6. The normalized spacial score (nSPS) is 16.7. The van der Waals surface area contributed by atoms with Gasteiger partial charge in [0.15, 0.2) is 0 Å². The lowest BCUT2D eigenvalue weighted by Gasteiger charge is -2.29. The van der Waals surface area contributed by atoms with Gasteiger partial charge in [0.2, 0.25) is 0 Å². The topological polar surface area (TPSA) is 20.3 Å². The third kappa shape index (κ3) is 3.17. The van der Waals surface area contributed by atoms with Crippen LogP contribution >= 0.6 is 0 Å². The van der Waals surface area contributed by atoms with Gasteiger partial charge in [-0.1, -0.05) is 6.07 Å². The maximum Gasteiger partial charge on any atom is 0.132 e. The Bertz CT molecular complexity index is 468. The number of carbonyl (C=O) groups excluding carboxylic acids is 1. The summed E-state index contributed by atoms with van der Waals surface area (Å²) in [5.41, 5.74) is 5.47. The van der Waals surface area contributed by atoms with Crippen molar-refractivity contribution in [2.45, 2.75) is 46.5 Å². The Balaban J connectivity index is 2.06. The lowest BCUT2D eigenvalue weighted by Crippen LogP contribution is -2.29. The molecule has 0 amide bonds. The number of rotatable bonds is 3. The molecule has 0 heterocycles. The van der Waals surface area contributed by atoms with Crippen LogP contribution in [-0.4, -0.2) is 19.4 Å². The van der Waals surface area contributed by atoms with Crippen molar-refractivity contribution in [3.05, 3.63) is 28.8 Å². The molecular formula is C17H25NO. The smallest absolute Gasteiger partial charge is 0.132 e. The van der Waals surface area contributed by atoms with Gasteiger partial charge in [-0.15, -0.1) is 0 Å². The van der Waals surface area contributed by atoms with Crippen LogP contribution in [0.3, 0.4) is 0 Å². The van der Waals surface area contributed by atoms with E-state index in [2.05, 4.69) is 44.9 Å². The van der Waals surface area contributed by atoms with E-state index in [1.54, 1.807) is 0 Å². The predicted molar refractivity (Wildman–Crippen MR) is 80.9 cm³/mol. The Morgan fingerprint density at radius 2 is 1.74 bits per heavy atom. The molecule has 1 saturated carbocycles. The molecule has 1 aliphatic carbocycles. The molecule has 1 aromatic carbocycles. The highest BCUT2D eigenvalue weighted by Crippen LogP contribution is 2.28. The number of carbonyl (C=O) groups is 1.